The smallest absolute Gasteiger partial charge is 0.0705 e. The maximum atomic E-state index is 3.55. The van der Waals surface area contributed by atoms with Crippen LogP contribution in [0, 0.1) is 0 Å². The van der Waals surface area contributed by atoms with Crippen LogP contribution in [0.2, 0.25) is 0 Å². The van der Waals surface area contributed by atoms with Crippen molar-refractivity contribution in [3.05, 3.63) is 45.1 Å². The molecule has 0 aliphatic carbocycles. The van der Waals surface area contributed by atoms with Crippen molar-refractivity contribution in [3.8, 4) is 19.5 Å². The van der Waals surface area contributed by atoms with Gasteiger partial charge in [0.1, 0.15) is 0 Å². The molecule has 0 aliphatic heterocycles. The Kier molecular flexibility index (Phi) is 6.95. The average molecular weight is 490 g/mol. The molecule has 0 aliphatic rings. The van der Waals surface area contributed by atoms with Crippen LogP contribution in [0.15, 0.2) is 40.2 Å². The summed E-state index contributed by atoms with van der Waals surface area (Å²) in [5, 5.41) is 1.14. The van der Waals surface area contributed by atoms with Gasteiger partial charge in [0.05, 0.1) is 3.79 Å². The molecule has 0 nitrogen and oxygen atoms in total. The molecule has 0 saturated heterocycles. The van der Waals surface area contributed by atoms with E-state index in [0.29, 0.717) is 0 Å². The molecule has 0 radical (unpaired) electrons. The fraction of sp³-hybridized carbons (Fsp3) is 0.333. The highest BCUT2D eigenvalue weighted by molar-refractivity contribution is 9.11. The molecule has 0 bridgehead atoms. The lowest BCUT2D eigenvalue weighted by Crippen LogP contribution is -1.82. The summed E-state index contributed by atoms with van der Waals surface area (Å²) in [6.07, 6.45) is 6.52. The number of hydrogen-bond acceptors (Lipinski definition) is 3. The molecule has 3 rings (SSSR count). The monoisotopic (exact) mass is 488 g/mol. The minimum Gasteiger partial charge on any atom is -0.139 e. The number of halogens is 2. The summed E-state index contributed by atoms with van der Waals surface area (Å²) in [6, 6.07) is 13.4. The second kappa shape index (κ2) is 8.95. The second-order valence-corrected chi connectivity index (χ2v) is 10.9. The highest BCUT2D eigenvalue weighted by atomic mass is 79.9. The molecule has 0 unspecified atom stereocenters. The van der Waals surface area contributed by atoms with E-state index in [9.17, 15) is 0 Å². The van der Waals surface area contributed by atoms with Gasteiger partial charge in [0, 0.05) is 29.7 Å². The normalized spacial score (nSPS) is 11.2. The molecule has 3 aromatic rings. The van der Waals surface area contributed by atoms with E-state index in [1.54, 1.807) is 11.3 Å². The van der Waals surface area contributed by atoms with Gasteiger partial charge in [-0.3, -0.25) is 0 Å². The molecule has 0 aromatic carbocycles. The Bertz CT molecular complexity index is 739. The van der Waals surface area contributed by atoms with Crippen molar-refractivity contribution in [1.29, 1.82) is 0 Å². The summed E-state index contributed by atoms with van der Waals surface area (Å²) in [5.74, 6) is 0. The summed E-state index contributed by atoms with van der Waals surface area (Å²) < 4.78 is 1.20. The standard InChI is InChI=1S/C18H18Br2S3/c19-12-4-2-1-3-5-13-6-7-14(21-13)15-8-9-16(22-15)17-10-11-18(20)23-17/h6-11H,1-5,12H2. The topological polar surface area (TPSA) is 0 Å². The van der Waals surface area contributed by atoms with E-state index in [0.717, 1.165) is 5.33 Å². The number of thiophene rings is 3. The number of rotatable bonds is 8. The Morgan fingerprint density at radius 3 is 1.96 bits per heavy atom. The molecular formula is C18H18Br2S3. The quantitative estimate of drug-likeness (QED) is 0.220. The van der Waals surface area contributed by atoms with Gasteiger partial charge in [-0.2, -0.15) is 0 Å². The van der Waals surface area contributed by atoms with E-state index < -0.39 is 0 Å². The minimum absolute atomic E-state index is 1.14. The zero-order valence-corrected chi connectivity index (χ0v) is 18.3. The van der Waals surface area contributed by atoms with E-state index in [1.807, 2.05) is 22.7 Å². The first-order valence-electron chi connectivity index (χ1n) is 7.77. The molecular weight excluding hydrogens is 472 g/mol. The van der Waals surface area contributed by atoms with Gasteiger partial charge in [-0.15, -0.1) is 34.0 Å². The van der Waals surface area contributed by atoms with E-state index in [4.69, 9.17) is 0 Å². The van der Waals surface area contributed by atoms with Crippen LogP contribution in [0.3, 0.4) is 0 Å². The first-order valence-corrected chi connectivity index (χ1v) is 12.1. The van der Waals surface area contributed by atoms with Gasteiger partial charge in [0.2, 0.25) is 0 Å². The lowest BCUT2D eigenvalue weighted by Gasteiger charge is -1.97. The second-order valence-electron chi connectivity index (χ2n) is 5.39. The predicted octanol–water partition coefficient (Wildman–Crippen LogP) is 8.47. The van der Waals surface area contributed by atoms with Crippen LogP contribution >= 0.6 is 65.9 Å². The Morgan fingerprint density at radius 2 is 1.26 bits per heavy atom. The maximum Gasteiger partial charge on any atom is 0.0705 e. The van der Waals surface area contributed by atoms with Crippen molar-refractivity contribution >= 4 is 65.9 Å². The number of alkyl halides is 1. The molecule has 23 heavy (non-hydrogen) atoms. The van der Waals surface area contributed by atoms with Crippen LogP contribution in [0.25, 0.3) is 19.5 Å². The molecule has 5 heteroatoms. The number of unbranched alkanes of at least 4 members (excludes halogenated alkanes) is 3. The van der Waals surface area contributed by atoms with E-state index in [2.05, 4.69) is 68.3 Å². The molecule has 0 amide bonds. The zero-order valence-electron chi connectivity index (χ0n) is 12.7. The molecule has 0 atom stereocenters. The number of aryl methyl sites for hydroxylation is 1. The summed E-state index contributed by atoms with van der Waals surface area (Å²) in [7, 11) is 0. The van der Waals surface area contributed by atoms with Crippen LogP contribution < -0.4 is 0 Å². The SMILES string of the molecule is BrCCCCCCc1ccc(-c2ccc(-c3ccc(Br)s3)s2)s1. The van der Waals surface area contributed by atoms with Gasteiger partial charge in [0.25, 0.3) is 0 Å². The van der Waals surface area contributed by atoms with Gasteiger partial charge >= 0.3 is 0 Å². The lowest BCUT2D eigenvalue weighted by molar-refractivity contribution is 0.675. The lowest BCUT2D eigenvalue weighted by atomic mass is 10.1. The number of hydrogen-bond donors (Lipinski definition) is 0. The molecule has 3 aromatic heterocycles. The highest BCUT2D eigenvalue weighted by Gasteiger charge is 2.09. The van der Waals surface area contributed by atoms with Gasteiger partial charge in [0.15, 0.2) is 0 Å². The molecule has 0 saturated carbocycles. The predicted molar refractivity (Wildman–Crippen MR) is 115 cm³/mol. The third-order valence-electron chi connectivity index (χ3n) is 3.63. The van der Waals surface area contributed by atoms with Crippen LogP contribution in [0.5, 0.6) is 0 Å². The zero-order chi connectivity index (χ0) is 16.1. The Morgan fingerprint density at radius 1 is 0.652 bits per heavy atom. The van der Waals surface area contributed by atoms with E-state index in [-0.39, 0.29) is 0 Å². The van der Waals surface area contributed by atoms with E-state index in [1.165, 1.54) is 60.3 Å². The summed E-state index contributed by atoms with van der Waals surface area (Å²) in [6.45, 7) is 0. The largest absolute Gasteiger partial charge is 0.139 e. The van der Waals surface area contributed by atoms with Crippen LogP contribution in [-0.2, 0) is 6.42 Å². The van der Waals surface area contributed by atoms with Crippen molar-refractivity contribution in [2.45, 2.75) is 32.1 Å². The van der Waals surface area contributed by atoms with Gasteiger partial charge < -0.3 is 0 Å². The van der Waals surface area contributed by atoms with Crippen LogP contribution in [0.1, 0.15) is 30.6 Å². The fourth-order valence-electron chi connectivity index (χ4n) is 2.44. The third-order valence-corrected chi connectivity index (χ3v) is 8.44. The van der Waals surface area contributed by atoms with Crippen molar-refractivity contribution in [2.24, 2.45) is 0 Å². The molecule has 0 N–H and O–H groups in total. The highest BCUT2D eigenvalue weighted by Crippen LogP contribution is 2.40. The third kappa shape index (κ3) is 5.02. The molecule has 0 fully saturated rings. The first-order chi connectivity index (χ1) is 11.3. The maximum absolute atomic E-state index is 3.55. The Labute approximate surface area is 166 Å². The van der Waals surface area contributed by atoms with Crippen LogP contribution in [-0.4, -0.2) is 5.33 Å². The summed E-state index contributed by atoms with van der Waals surface area (Å²) >= 11 is 12.7. The van der Waals surface area contributed by atoms with E-state index >= 15 is 0 Å². The summed E-state index contributed by atoms with van der Waals surface area (Å²) in [5.41, 5.74) is 0. The van der Waals surface area contributed by atoms with Gasteiger partial charge in [-0.05, 0) is 71.6 Å². The minimum atomic E-state index is 1.14. The van der Waals surface area contributed by atoms with Crippen molar-refractivity contribution in [3.63, 3.8) is 0 Å². The van der Waals surface area contributed by atoms with Gasteiger partial charge in [-0.25, -0.2) is 0 Å². The fourth-order valence-corrected chi connectivity index (χ4v) is 6.46. The Balaban J connectivity index is 1.61. The van der Waals surface area contributed by atoms with Crippen molar-refractivity contribution in [1.82, 2.24) is 0 Å². The first kappa shape index (κ1) is 17.9. The molecule has 3 heterocycles. The molecule has 0 spiro atoms. The Hall–Kier alpha value is 0.0600. The van der Waals surface area contributed by atoms with Crippen LogP contribution in [0.4, 0.5) is 0 Å². The van der Waals surface area contributed by atoms with Gasteiger partial charge in [-0.1, -0.05) is 28.8 Å². The van der Waals surface area contributed by atoms with Crippen molar-refractivity contribution < 1.29 is 0 Å². The average Bonchev–Trinajstić information content (AvgIpc) is 3.26. The van der Waals surface area contributed by atoms with Crippen molar-refractivity contribution in [2.75, 3.05) is 5.33 Å². The summed E-state index contributed by atoms with van der Waals surface area (Å²) in [4.78, 5) is 7.03. The molecule has 122 valence electrons.